The molecule has 7 nitrogen and oxygen atoms in total. The molecular weight excluding hydrogens is 556 g/mol. The Hall–Kier alpha value is -3.88. The van der Waals surface area contributed by atoms with Crippen LogP contribution in [0.2, 0.25) is 5.02 Å². The van der Waals surface area contributed by atoms with E-state index in [1.807, 2.05) is 30.3 Å². The Balaban J connectivity index is 1.27. The third kappa shape index (κ3) is 5.67. The number of halogens is 1. The molecule has 3 aromatic carbocycles. The van der Waals surface area contributed by atoms with Gasteiger partial charge in [0.05, 0.1) is 27.3 Å². The molecule has 0 bridgehead atoms. The summed E-state index contributed by atoms with van der Waals surface area (Å²) >= 11 is 6.62. The van der Waals surface area contributed by atoms with Crippen molar-refractivity contribution in [2.24, 2.45) is 0 Å². The molecule has 2 atom stereocenters. The first kappa shape index (κ1) is 27.3. The minimum absolute atomic E-state index is 0.0988. The monoisotopic (exact) mass is 586 g/mol. The van der Waals surface area contributed by atoms with Crippen molar-refractivity contribution in [3.05, 3.63) is 102 Å². The smallest absolute Gasteiger partial charge is 0.268 e. The first-order chi connectivity index (χ1) is 19.9. The number of hydrogen-bond donors (Lipinski definition) is 1. The molecule has 0 spiro atoms. The molecule has 2 heterocycles. The van der Waals surface area contributed by atoms with E-state index in [0.29, 0.717) is 27.7 Å². The molecule has 1 N–H and O–H groups in total. The summed E-state index contributed by atoms with van der Waals surface area (Å²) in [7, 11) is -3.83. The van der Waals surface area contributed by atoms with Crippen LogP contribution < -0.4 is 10.1 Å². The lowest BCUT2D eigenvalue weighted by molar-refractivity contribution is 0.148. The molecule has 5 aromatic rings. The van der Waals surface area contributed by atoms with Gasteiger partial charge < -0.3 is 10.1 Å². The summed E-state index contributed by atoms with van der Waals surface area (Å²) in [6.45, 7) is 2.14. The van der Waals surface area contributed by atoms with Gasteiger partial charge in [-0.25, -0.2) is 22.4 Å². The highest BCUT2D eigenvalue weighted by Gasteiger charge is 2.26. The zero-order valence-corrected chi connectivity index (χ0v) is 24.3. The second kappa shape index (κ2) is 11.5. The van der Waals surface area contributed by atoms with Crippen molar-refractivity contribution in [1.29, 1.82) is 0 Å². The normalized spacial score (nSPS) is 17.4. The van der Waals surface area contributed by atoms with Gasteiger partial charge in [0.25, 0.3) is 10.0 Å². The van der Waals surface area contributed by atoms with Gasteiger partial charge in [-0.3, -0.25) is 0 Å². The second-order valence-electron chi connectivity index (χ2n) is 10.3. The van der Waals surface area contributed by atoms with Gasteiger partial charge in [0.15, 0.2) is 0 Å². The Bertz CT molecular complexity index is 1770. The fourth-order valence-electron chi connectivity index (χ4n) is 5.43. The van der Waals surface area contributed by atoms with Crippen LogP contribution in [0.1, 0.15) is 38.2 Å². The molecule has 0 radical (unpaired) electrons. The molecule has 0 amide bonds. The standard InChI is InChI=1S/C32H31ClN4O3S/c1-2-22-15-17-24(18-16-22)40-25-10-8-9-23(19-25)35-32-34-20-29(33)31(36-32)28-21-37(30-14-7-6-13-27(28)30)41(38,39)26-11-4-3-5-12-26/h3-7,11-18,20-21,23,25H,2,8-10,19H2,1H3,(H,34,35,36)/t23-,25-/m1/s1. The number of rotatable bonds is 8. The van der Waals surface area contributed by atoms with E-state index in [-0.39, 0.29) is 17.0 Å². The van der Waals surface area contributed by atoms with E-state index < -0.39 is 10.0 Å². The molecule has 41 heavy (non-hydrogen) atoms. The fraction of sp³-hybridized carbons (Fsp3) is 0.250. The van der Waals surface area contributed by atoms with Crippen LogP contribution in [0.4, 0.5) is 5.95 Å². The largest absolute Gasteiger partial charge is 0.490 e. The van der Waals surface area contributed by atoms with Gasteiger partial charge in [0.1, 0.15) is 11.9 Å². The van der Waals surface area contributed by atoms with Crippen LogP contribution in [0.25, 0.3) is 22.2 Å². The molecule has 1 fully saturated rings. The first-order valence-electron chi connectivity index (χ1n) is 13.9. The van der Waals surface area contributed by atoms with E-state index in [1.165, 1.54) is 9.54 Å². The van der Waals surface area contributed by atoms with Gasteiger partial charge in [0, 0.05) is 29.6 Å². The van der Waals surface area contributed by atoms with Crippen LogP contribution in [-0.4, -0.2) is 34.5 Å². The highest BCUT2D eigenvalue weighted by molar-refractivity contribution is 7.90. The summed E-state index contributed by atoms with van der Waals surface area (Å²) < 4.78 is 34.7. The van der Waals surface area contributed by atoms with Gasteiger partial charge in [-0.1, -0.05) is 67.1 Å². The quantitative estimate of drug-likeness (QED) is 0.204. The zero-order valence-electron chi connectivity index (χ0n) is 22.7. The number of nitrogens with one attached hydrogen (secondary N) is 1. The first-order valence-corrected chi connectivity index (χ1v) is 15.7. The third-order valence-electron chi connectivity index (χ3n) is 7.57. The maximum absolute atomic E-state index is 13.6. The van der Waals surface area contributed by atoms with E-state index in [0.717, 1.165) is 43.2 Å². The maximum atomic E-state index is 13.6. The molecule has 0 saturated heterocycles. The topological polar surface area (TPSA) is 86.1 Å². The predicted molar refractivity (Wildman–Crippen MR) is 163 cm³/mol. The van der Waals surface area contributed by atoms with Gasteiger partial charge in [-0.2, -0.15) is 0 Å². The average Bonchev–Trinajstić information content (AvgIpc) is 3.40. The molecule has 1 aliphatic carbocycles. The lowest BCUT2D eigenvalue weighted by atomic mass is 9.93. The second-order valence-corrected chi connectivity index (χ2v) is 12.5. The molecule has 0 aliphatic heterocycles. The Morgan fingerprint density at radius 2 is 1.76 bits per heavy atom. The van der Waals surface area contributed by atoms with E-state index in [1.54, 1.807) is 48.8 Å². The van der Waals surface area contributed by atoms with Crippen molar-refractivity contribution in [3.63, 3.8) is 0 Å². The van der Waals surface area contributed by atoms with E-state index in [4.69, 9.17) is 21.3 Å². The lowest BCUT2D eigenvalue weighted by Crippen LogP contribution is -2.33. The Morgan fingerprint density at radius 3 is 2.54 bits per heavy atom. The SMILES string of the molecule is CCc1ccc(O[C@@H]2CCC[C@@H](Nc3ncc(Cl)c(-c4cn(S(=O)(=O)c5ccccc5)c5ccccc45)n3)C2)cc1. The summed E-state index contributed by atoms with van der Waals surface area (Å²) in [4.78, 5) is 9.44. The average molecular weight is 587 g/mol. The maximum Gasteiger partial charge on any atom is 0.268 e. The fourth-order valence-corrected chi connectivity index (χ4v) is 7.01. The number of ether oxygens (including phenoxy) is 1. The molecule has 1 aliphatic rings. The van der Waals surface area contributed by atoms with Crippen LogP contribution in [0, 0.1) is 0 Å². The molecule has 1 saturated carbocycles. The van der Waals surface area contributed by atoms with Crippen LogP contribution in [0.15, 0.2) is 96.2 Å². The molecule has 6 rings (SSSR count). The molecule has 2 aromatic heterocycles. The number of anilines is 1. The molecular formula is C32H31ClN4O3S. The number of nitrogens with zero attached hydrogens (tertiary/aromatic N) is 3. The molecule has 0 unspecified atom stereocenters. The number of fused-ring (bicyclic) bond motifs is 1. The number of aromatic nitrogens is 3. The summed E-state index contributed by atoms with van der Waals surface area (Å²) in [6, 6.07) is 24.2. The van der Waals surface area contributed by atoms with E-state index in [9.17, 15) is 8.42 Å². The Labute approximate surface area is 245 Å². The summed E-state index contributed by atoms with van der Waals surface area (Å²) in [5.74, 6) is 1.34. The highest BCUT2D eigenvalue weighted by atomic mass is 35.5. The number of para-hydroxylation sites is 1. The third-order valence-corrected chi connectivity index (χ3v) is 9.54. The van der Waals surface area contributed by atoms with E-state index in [2.05, 4.69) is 29.4 Å². The van der Waals surface area contributed by atoms with Crippen LogP contribution in [0.3, 0.4) is 0 Å². The number of aryl methyl sites for hydroxylation is 1. The molecule has 210 valence electrons. The van der Waals surface area contributed by atoms with Crippen molar-refractivity contribution in [2.45, 2.75) is 56.1 Å². The van der Waals surface area contributed by atoms with Crippen molar-refractivity contribution in [2.75, 3.05) is 5.32 Å². The summed E-state index contributed by atoms with van der Waals surface area (Å²) in [5, 5.41) is 4.56. The molecule has 9 heteroatoms. The van der Waals surface area contributed by atoms with Crippen LogP contribution in [-0.2, 0) is 16.4 Å². The van der Waals surface area contributed by atoms with Crippen LogP contribution >= 0.6 is 11.6 Å². The van der Waals surface area contributed by atoms with Gasteiger partial charge in [-0.05, 0) is 61.6 Å². The minimum Gasteiger partial charge on any atom is -0.490 e. The van der Waals surface area contributed by atoms with Crippen molar-refractivity contribution in [1.82, 2.24) is 13.9 Å². The van der Waals surface area contributed by atoms with Crippen molar-refractivity contribution in [3.8, 4) is 17.0 Å². The van der Waals surface area contributed by atoms with E-state index >= 15 is 0 Å². The highest BCUT2D eigenvalue weighted by Crippen LogP contribution is 2.36. The number of benzene rings is 3. The minimum atomic E-state index is -3.83. The number of hydrogen-bond acceptors (Lipinski definition) is 6. The van der Waals surface area contributed by atoms with Crippen molar-refractivity contribution < 1.29 is 13.2 Å². The Morgan fingerprint density at radius 1 is 1.00 bits per heavy atom. The predicted octanol–water partition coefficient (Wildman–Crippen LogP) is 7.35. The van der Waals surface area contributed by atoms with Gasteiger partial charge in [0.2, 0.25) is 5.95 Å². The lowest BCUT2D eigenvalue weighted by Gasteiger charge is -2.30. The Kier molecular flexibility index (Phi) is 7.69. The van der Waals surface area contributed by atoms with Gasteiger partial charge in [-0.15, -0.1) is 0 Å². The summed E-state index contributed by atoms with van der Waals surface area (Å²) in [5.41, 5.74) is 2.93. The van der Waals surface area contributed by atoms with Crippen LogP contribution in [0.5, 0.6) is 5.75 Å². The van der Waals surface area contributed by atoms with Crippen molar-refractivity contribution >= 4 is 38.5 Å². The summed E-state index contributed by atoms with van der Waals surface area (Å²) in [6.07, 6.45) is 8.09. The van der Waals surface area contributed by atoms with Gasteiger partial charge >= 0.3 is 0 Å². The zero-order chi connectivity index (χ0) is 28.4.